The van der Waals surface area contributed by atoms with Gasteiger partial charge in [0, 0.05) is 10.7 Å². The van der Waals surface area contributed by atoms with E-state index < -0.39 is 11.8 Å². The van der Waals surface area contributed by atoms with Gasteiger partial charge < -0.3 is 14.8 Å². The highest BCUT2D eigenvalue weighted by molar-refractivity contribution is 14.1. The summed E-state index contributed by atoms with van der Waals surface area (Å²) in [6.07, 6.45) is 1.10. The molecule has 2 rings (SSSR count). The summed E-state index contributed by atoms with van der Waals surface area (Å²) in [7, 11) is 1.55. The number of carbonyl (C=O) groups excluding carboxylic acids is 2. The molecule has 7 nitrogen and oxygen atoms in total. The van der Waals surface area contributed by atoms with Gasteiger partial charge in [-0.15, -0.1) is 0 Å². The average molecular weight is 530 g/mol. The first-order valence-corrected chi connectivity index (χ1v) is 10.2. The fraction of sp³-hybridized carbons (Fsp3) is 0.250. The molecular weight excluding hydrogens is 509 g/mol. The van der Waals surface area contributed by atoms with Crippen molar-refractivity contribution in [1.29, 1.82) is 0 Å². The van der Waals surface area contributed by atoms with Gasteiger partial charge in [-0.1, -0.05) is 17.7 Å². The number of nitrogens with one attached hydrogen (secondary N) is 2. The van der Waals surface area contributed by atoms with Gasteiger partial charge in [0.15, 0.2) is 11.5 Å². The summed E-state index contributed by atoms with van der Waals surface area (Å²) in [6, 6.07) is 8.73. The minimum Gasteiger partial charge on any atom is -0.493 e. The molecule has 2 N–H and O–H groups in total. The molecule has 2 amide bonds. The van der Waals surface area contributed by atoms with Crippen LogP contribution in [0.3, 0.4) is 0 Å². The number of hydrazone groups is 1. The number of ether oxygens (including phenoxy) is 2. The molecule has 0 radical (unpaired) electrons. The molecule has 154 valence electrons. The molecule has 0 saturated heterocycles. The van der Waals surface area contributed by atoms with Gasteiger partial charge in [0.2, 0.25) is 11.8 Å². The maximum Gasteiger partial charge on any atom is 0.249 e. The van der Waals surface area contributed by atoms with Crippen molar-refractivity contribution >= 4 is 57.9 Å². The second-order valence-electron chi connectivity index (χ2n) is 5.95. The minimum atomic E-state index is -0.537. The van der Waals surface area contributed by atoms with Crippen LogP contribution >= 0.6 is 34.2 Å². The topological polar surface area (TPSA) is 89.0 Å². The van der Waals surface area contributed by atoms with Gasteiger partial charge in [0.25, 0.3) is 0 Å². The van der Waals surface area contributed by atoms with Crippen molar-refractivity contribution in [1.82, 2.24) is 5.43 Å². The molecule has 0 aliphatic carbocycles. The first-order chi connectivity index (χ1) is 13.8. The van der Waals surface area contributed by atoms with Gasteiger partial charge in [0.05, 0.1) is 23.5 Å². The van der Waals surface area contributed by atoms with Crippen LogP contribution in [0.5, 0.6) is 11.5 Å². The first kappa shape index (κ1) is 23.0. The van der Waals surface area contributed by atoms with E-state index in [0.717, 1.165) is 9.13 Å². The van der Waals surface area contributed by atoms with E-state index in [0.29, 0.717) is 34.4 Å². The largest absolute Gasteiger partial charge is 0.493 e. The summed E-state index contributed by atoms with van der Waals surface area (Å²) in [5, 5.41) is 7.06. The van der Waals surface area contributed by atoms with Crippen molar-refractivity contribution < 1.29 is 19.1 Å². The number of aryl methyl sites for hydroxylation is 1. The van der Waals surface area contributed by atoms with Crippen LogP contribution in [-0.2, 0) is 9.59 Å². The van der Waals surface area contributed by atoms with Crippen molar-refractivity contribution in [3.05, 3.63) is 50.1 Å². The summed E-state index contributed by atoms with van der Waals surface area (Å²) in [6.45, 7) is 4.27. The van der Waals surface area contributed by atoms with Crippen LogP contribution in [0, 0.1) is 10.5 Å². The third kappa shape index (κ3) is 6.90. The van der Waals surface area contributed by atoms with Crippen LogP contribution < -0.4 is 20.2 Å². The Morgan fingerprint density at radius 1 is 1.24 bits per heavy atom. The highest BCUT2D eigenvalue weighted by Gasteiger charge is 2.11. The zero-order valence-electron chi connectivity index (χ0n) is 16.2. The lowest BCUT2D eigenvalue weighted by Crippen LogP contribution is -2.24. The predicted molar refractivity (Wildman–Crippen MR) is 122 cm³/mol. The number of hydrogen-bond acceptors (Lipinski definition) is 5. The number of amides is 2. The van der Waals surface area contributed by atoms with Gasteiger partial charge in [-0.2, -0.15) is 5.10 Å². The van der Waals surface area contributed by atoms with E-state index in [-0.39, 0.29) is 6.42 Å². The quantitative estimate of drug-likeness (QED) is 0.233. The van der Waals surface area contributed by atoms with Gasteiger partial charge >= 0.3 is 0 Å². The van der Waals surface area contributed by atoms with Crippen molar-refractivity contribution in [3.8, 4) is 11.5 Å². The predicted octanol–water partition coefficient (Wildman–Crippen LogP) is 4.14. The molecular formula is C20H21ClIN3O4. The SMILES string of the molecule is CCOc1c(I)cc(C=NNC(=O)CC(=O)Nc2ccc(C)c(Cl)c2)cc1OC. The molecule has 0 bridgehead atoms. The molecule has 0 aliphatic heterocycles. The Labute approximate surface area is 187 Å². The first-order valence-electron chi connectivity index (χ1n) is 8.72. The summed E-state index contributed by atoms with van der Waals surface area (Å²) >= 11 is 8.16. The zero-order valence-corrected chi connectivity index (χ0v) is 19.1. The lowest BCUT2D eigenvalue weighted by molar-refractivity contribution is -0.126. The number of carbonyl (C=O) groups is 2. The Balaban J connectivity index is 1.92. The number of benzene rings is 2. The number of anilines is 1. The summed E-state index contributed by atoms with van der Waals surface area (Å²) < 4.78 is 11.7. The highest BCUT2D eigenvalue weighted by atomic mass is 127. The molecule has 0 aliphatic rings. The zero-order chi connectivity index (χ0) is 21.4. The van der Waals surface area contributed by atoms with Gasteiger partial charge in [-0.3, -0.25) is 9.59 Å². The average Bonchev–Trinajstić information content (AvgIpc) is 2.66. The smallest absolute Gasteiger partial charge is 0.249 e. The number of rotatable bonds is 8. The standard InChI is InChI=1S/C20H21ClIN3O4/c1-4-29-20-16(22)7-13(8-17(20)28-3)11-23-25-19(27)10-18(26)24-14-6-5-12(2)15(21)9-14/h5-9,11H,4,10H2,1-3H3,(H,24,26)(H,25,27). The van der Waals surface area contributed by atoms with Crippen LogP contribution in [0.1, 0.15) is 24.5 Å². The number of methoxy groups -OCH3 is 1. The second kappa shape index (κ2) is 11.0. The lowest BCUT2D eigenvalue weighted by atomic mass is 10.2. The number of nitrogens with zero attached hydrogens (tertiary/aromatic N) is 1. The van der Waals surface area contributed by atoms with E-state index in [4.69, 9.17) is 21.1 Å². The van der Waals surface area contributed by atoms with Crippen LogP contribution in [0.4, 0.5) is 5.69 Å². The summed E-state index contributed by atoms with van der Waals surface area (Å²) in [4.78, 5) is 23.9. The second-order valence-corrected chi connectivity index (χ2v) is 7.52. The maximum absolute atomic E-state index is 12.0. The van der Waals surface area contributed by atoms with E-state index in [1.54, 1.807) is 31.4 Å². The fourth-order valence-corrected chi connectivity index (χ4v) is 3.30. The molecule has 0 atom stereocenters. The molecule has 0 unspecified atom stereocenters. The number of hydrogen-bond donors (Lipinski definition) is 2. The van der Waals surface area contributed by atoms with Gasteiger partial charge in [-0.05, 0) is 71.8 Å². The lowest BCUT2D eigenvalue weighted by Gasteiger charge is -2.12. The molecule has 2 aromatic rings. The van der Waals surface area contributed by atoms with E-state index in [2.05, 4.69) is 38.4 Å². The fourth-order valence-electron chi connectivity index (χ4n) is 2.34. The van der Waals surface area contributed by atoms with E-state index in [1.807, 2.05) is 19.9 Å². The molecule has 0 fully saturated rings. The Morgan fingerprint density at radius 2 is 2.00 bits per heavy atom. The van der Waals surface area contributed by atoms with E-state index >= 15 is 0 Å². The van der Waals surface area contributed by atoms with Crippen LogP contribution in [0.15, 0.2) is 35.4 Å². The molecule has 0 spiro atoms. The van der Waals surface area contributed by atoms with Crippen LogP contribution in [0.2, 0.25) is 5.02 Å². The van der Waals surface area contributed by atoms with Gasteiger partial charge in [-0.25, -0.2) is 5.43 Å². The highest BCUT2D eigenvalue weighted by Crippen LogP contribution is 2.33. The van der Waals surface area contributed by atoms with Crippen LogP contribution in [-0.4, -0.2) is 31.7 Å². The summed E-state index contributed by atoms with van der Waals surface area (Å²) in [5.74, 6) is 0.229. The van der Waals surface area contributed by atoms with Crippen molar-refractivity contribution in [2.45, 2.75) is 20.3 Å². The molecule has 0 aromatic heterocycles. The normalized spacial score (nSPS) is 10.7. The van der Waals surface area contributed by atoms with Crippen LogP contribution in [0.25, 0.3) is 0 Å². The molecule has 29 heavy (non-hydrogen) atoms. The summed E-state index contributed by atoms with van der Waals surface area (Å²) in [5.41, 5.74) is 4.48. The monoisotopic (exact) mass is 529 g/mol. The third-order valence-electron chi connectivity index (χ3n) is 3.72. The minimum absolute atomic E-state index is 0.368. The maximum atomic E-state index is 12.0. The third-order valence-corrected chi connectivity index (χ3v) is 4.93. The van der Waals surface area contributed by atoms with E-state index in [9.17, 15) is 9.59 Å². The van der Waals surface area contributed by atoms with Crippen molar-refractivity contribution in [3.63, 3.8) is 0 Å². The Kier molecular flexibility index (Phi) is 8.71. The molecule has 0 heterocycles. The van der Waals surface area contributed by atoms with Crippen molar-refractivity contribution in [2.24, 2.45) is 5.10 Å². The number of halogens is 2. The molecule has 2 aromatic carbocycles. The Morgan fingerprint density at radius 3 is 2.66 bits per heavy atom. The Hall–Kier alpha value is -2.33. The van der Waals surface area contributed by atoms with Gasteiger partial charge in [0.1, 0.15) is 6.42 Å². The molecule has 9 heteroatoms. The van der Waals surface area contributed by atoms with E-state index in [1.165, 1.54) is 6.21 Å². The van der Waals surface area contributed by atoms with Crippen molar-refractivity contribution in [2.75, 3.05) is 19.0 Å². The molecule has 0 saturated carbocycles. The Bertz CT molecular complexity index is 934.